The monoisotopic (exact) mass is 536 g/mol. The highest BCUT2D eigenvalue weighted by atomic mass is 35.5. The Hall–Kier alpha value is -4.08. The second kappa shape index (κ2) is 9.88. The number of primary amides is 1. The highest BCUT2D eigenvalue weighted by Crippen LogP contribution is 2.37. The van der Waals surface area contributed by atoms with Gasteiger partial charge in [-0.15, -0.1) is 0 Å². The molecule has 0 saturated carbocycles. The molecular formula is C23H16ClF3N4O4S. The van der Waals surface area contributed by atoms with Crippen LogP contribution in [0.5, 0.6) is 11.6 Å². The Morgan fingerprint density at radius 2 is 1.92 bits per heavy atom. The van der Waals surface area contributed by atoms with Crippen molar-refractivity contribution < 1.29 is 31.1 Å². The molecule has 0 radical (unpaired) electrons. The summed E-state index contributed by atoms with van der Waals surface area (Å²) in [6.45, 7) is 5.14. The standard InChI is InChI=1S/C23H16ClF3N4O4S/c1-12-7-20(31-36(33,34)16-4-6-19(24)18(9-16)23(25,26)27)22(30-11-12)35-15-3-5-17(13(2)21(29)32)14(8-15)10-28/h3-9,11,31H,2H2,1H3,(H2,29,32). The normalized spacial score (nSPS) is 11.4. The summed E-state index contributed by atoms with van der Waals surface area (Å²) in [5.41, 5.74) is 4.32. The number of aromatic nitrogens is 1. The van der Waals surface area contributed by atoms with E-state index in [-0.39, 0.29) is 34.0 Å². The largest absolute Gasteiger partial charge is 0.437 e. The van der Waals surface area contributed by atoms with Gasteiger partial charge in [0, 0.05) is 17.3 Å². The molecule has 1 amide bonds. The fourth-order valence-electron chi connectivity index (χ4n) is 2.99. The molecule has 1 aromatic heterocycles. The molecule has 0 atom stereocenters. The van der Waals surface area contributed by atoms with Gasteiger partial charge in [-0.25, -0.2) is 13.4 Å². The number of halogens is 4. The van der Waals surface area contributed by atoms with Gasteiger partial charge in [0.25, 0.3) is 10.0 Å². The van der Waals surface area contributed by atoms with Gasteiger partial charge in [-0.2, -0.15) is 18.4 Å². The fourth-order valence-corrected chi connectivity index (χ4v) is 4.29. The van der Waals surface area contributed by atoms with Crippen molar-refractivity contribution in [3.8, 4) is 17.7 Å². The van der Waals surface area contributed by atoms with Crippen molar-refractivity contribution in [2.24, 2.45) is 5.73 Å². The molecule has 0 bridgehead atoms. The van der Waals surface area contributed by atoms with Crippen LogP contribution in [-0.4, -0.2) is 19.3 Å². The van der Waals surface area contributed by atoms with Crippen LogP contribution in [0.25, 0.3) is 5.57 Å². The number of carbonyl (C=O) groups is 1. The summed E-state index contributed by atoms with van der Waals surface area (Å²) in [4.78, 5) is 14.8. The smallest absolute Gasteiger partial charge is 0.417 e. The molecule has 1 heterocycles. The third kappa shape index (κ3) is 5.76. The van der Waals surface area contributed by atoms with Crippen LogP contribution in [-0.2, 0) is 21.0 Å². The van der Waals surface area contributed by atoms with Crippen molar-refractivity contribution >= 4 is 38.8 Å². The number of nitrogens with two attached hydrogens (primary N) is 1. The molecule has 0 aliphatic rings. The van der Waals surface area contributed by atoms with Crippen molar-refractivity contribution in [3.63, 3.8) is 0 Å². The summed E-state index contributed by atoms with van der Waals surface area (Å²) in [7, 11) is -4.53. The molecule has 0 saturated heterocycles. The number of alkyl halides is 3. The minimum atomic E-state index is -4.87. The Labute approximate surface area is 208 Å². The van der Waals surface area contributed by atoms with E-state index in [4.69, 9.17) is 22.1 Å². The zero-order valence-electron chi connectivity index (χ0n) is 18.4. The average Bonchev–Trinajstić information content (AvgIpc) is 2.79. The predicted octanol–water partition coefficient (Wildman–Crippen LogP) is 5.03. The van der Waals surface area contributed by atoms with Gasteiger partial charge in [-0.05, 0) is 55.0 Å². The summed E-state index contributed by atoms with van der Waals surface area (Å²) in [5, 5.41) is 8.76. The van der Waals surface area contributed by atoms with E-state index in [1.54, 1.807) is 6.92 Å². The molecule has 36 heavy (non-hydrogen) atoms. The second-order valence-electron chi connectivity index (χ2n) is 7.37. The number of sulfonamides is 1. The van der Waals surface area contributed by atoms with Crippen molar-refractivity contribution in [1.82, 2.24) is 4.98 Å². The molecule has 0 unspecified atom stereocenters. The molecule has 186 valence electrons. The van der Waals surface area contributed by atoms with Crippen LogP contribution in [0.3, 0.4) is 0 Å². The number of aryl methyl sites for hydroxylation is 1. The van der Waals surface area contributed by atoms with Crippen LogP contribution >= 0.6 is 11.6 Å². The molecular weight excluding hydrogens is 521 g/mol. The first-order valence-electron chi connectivity index (χ1n) is 9.80. The lowest BCUT2D eigenvalue weighted by Crippen LogP contribution is -2.16. The highest BCUT2D eigenvalue weighted by Gasteiger charge is 2.34. The fraction of sp³-hybridized carbons (Fsp3) is 0.0870. The first-order chi connectivity index (χ1) is 16.7. The van der Waals surface area contributed by atoms with Crippen LogP contribution in [0.1, 0.15) is 22.3 Å². The molecule has 0 fully saturated rings. The highest BCUT2D eigenvalue weighted by molar-refractivity contribution is 7.92. The Balaban J connectivity index is 1.99. The number of nitrogens with one attached hydrogen (secondary N) is 1. The van der Waals surface area contributed by atoms with Crippen LogP contribution in [0.2, 0.25) is 5.02 Å². The number of benzene rings is 2. The van der Waals surface area contributed by atoms with E-state index < -0.39 is 37.6 Å². The van der Waals surface area contributed by atoms with Gasteiger partial charge < -0.3 is 10.5 Å². The maximum atomic E-state index is 13.2. The number of hydrogen-bond acceptors (Lipinski definition) is 6. The second-order valence-corrected chi connectivity index (χ2v) is 9.46. The minimum absolute atomic E-state index is 0.00591. The van der Waals surface area contributed by atoms with E-state index in [9.17, 15) is 31.6 Å². The number of anilines is 1. The van der Waals surface area contributed by atoms with Gasteiger partial charge in [0.15, 0.2) is 0 Å². The Morgan fingerprint density at radius 3 is 2.53 bits per heavy atom. The number of pyridine rings is 1. The Bertz CT molecular complexity index is 1530. The molecule has 0 spiro atoms. The first kappa shape index (κ1) is 26.5. The number of rotatable bonds is 7. The molecule has 3 N–H and O–H groups in total. The van der Waals surface area contributed by atoms with Crippen LogP contribution < -0.4 is 15.2 Å². The summed E-state index contributed by atoms with van der Waals surface area (Å²) >= 11 is 5.58. The lowest BCUT2D eigenvalue weighted by atomic mass is 10.0. The maximum Gasteiger partial charge on any atom is 0.417 e. The number of amides is 1. The van der Waals surface area contributed by atoms with Gasteiger partial charge in [0.1, 0.15) is 11.4 Å². The number of hydrogen-bond donors (Lipinski definition) is 2. The maximum absolute atomic E-state index is 13.2. The summed E-state index contributed by atoms with van der Waals surface area (Å²) in [6, 6.07) is 9.41. The summed E-state index contributed by atoms with van der Waals surface area (Å²) in [6.07, 6.45) is -3.50. The molecule has 3 aromatic rings. The lowest BCUT2D eigenvalue weighted by Gasteiger charge is -2.15. The van der Waals surface area contributed by atoms with E-state index >= 15 is 0 Å². The van der Waals surface area contributed by atoms with E-state index in [2.05, 4.69) is 16.3 Å². The van der Waals surface area contributed by atoms with Crippen LogP contribution in [0, 0.1) is 18.3 Å². The van der Waals surface area contributed by atoms with Crippen molar-refractivity contribution in [2.45, 2.75) is 18.0 Å². The molecule has 13 heteroatoms. The van der Waals surface area contributed by atoms with Gasteiger partial charge >= 0.3 is 6.18 Å². The number of carbonyl (C=O) groups excluding carboxylic acids is 1. The molecule has 3 rings (SSSR count). The number of ether oxygens (including phenoxy) is 1. The van der Waals surface area contributed by atoms with E-state index in [0.717, 1.165) is 12.1 Å². The summed E-state index contributed by atoms with van der Waals surface area (Å²) < 4.78 is 73.2. The Morgan fingerprint density at radius 1 is 1.22 bits per heavy atom. The predicted molar refractivity (Wildman–Crippen MR) is 126 cm³/mol. The number of nitriles is 1. The molecule has 0 aliphatic carbocycles. The van der Waals surface area contributed by atoms with Crippen LogP contribution in [0.4, 0.5) is 18.9 Å². The van der Waals surface area contributed by atoms with Crippen molar-refractivity contribution in [1.29, 1.82) is 5.26 Å². The topological polar surface area (TPSA) is 135 Å². The van der Waals surface area contributed by atoms with Crippen molar-refractivity contribution in [2.75, 3.05) is 4.72 Å². The SMILES string of the molecule is C=C(C(N)=O)c1ccc(Oc2ncc(C)cc2NS(=O)(=O)c2ccc(Cl)c(C(F)(F)F)c2)cc1C#N. The van der Waals surface area contributed by atoms with Crippen LogP contribution in [0.15, 0.2) is 60.1 Å². The third-order valence-electron chi connectivity index (χ3n) is 4.73. The van der Waals surface area contributed by atoms with Gasteiger partial charge in [-0.1, -0.05) is 18.2 Å². The zero-order valence-corrected chi connectivity index (χ0v) is 19.9. The molecule has 0 aliphatic heterocycles. The van der Waals surface area contributed by atoms with Gasteiger partial charge in [-0.3, -0.25) is 9.52 Å². The van der Waals surface area contributed by atoms with Gasteiger partial charge in [0.05, 0.1) is 27.1 Å². The first-order valence-corrected chi connectivity index (χ1v) is 11.7. The number of nitrogens with zero attached hydrogens (tertiary/aromatic N) is 2. The molecule has 2 aromatic carbocycles. The quantitative estimate of drug-likeness (QED) is 0.407. The van der Waals surface area contributed by atoms with Crippen molar-refractivity contribution in [3.05, 3.63) is 82.5 Å². The van der Waals surface area contributed by atoms with E-state index in [1.807, 2.05) is 6.07 Å². The summed E-state index contributed by atoms with van der Waals surface area (Å²) in [5.74, 6) is -1.03. The Kier molecular flexibility index (Phi) is 7.28. The van der Waals surface area contributed by atoms with Gasteiger partial charge in [0.2, 0.25) is 11.8 Å². The zero-order chi connectivity index (χ0) is 26.8. The van der Waals surface area contributed by atoms with E-state index in [0.29, 0.717) is 11.6 Å². The molecule has 8 nitrogen and oxygen atoms in total. The van der Waals surface area contributed by atoms with E-state index in [1.165, 1.54) is 30.5 Å². The third-order valence-corrected chi connectivity index (χ3v) is 6.43. The average molecular weight is 537 g/mol. The lowest BCUT2D eigenvalue weighted by molar-refractivity contribution is -0.137. The minimum Gasteiger partial charge on any atom is -0.437 e.